The van der Waals surface area contributed by atoms with Crippen molar-refractivity contribution in [1.82, 2.24) is 4.90 Å². The molecule has 0 aliphatic carbocycles. The van der Waals surface area contributed by atoms with Crippen molar-refractivity contribution in [3.05, 3.63) is 57.6 Å². The molecular weight excluding hydrogens is 488 g/mol. The third-order valence-corrected chi connectivity index (χ3v) is 6.58. The Morgan fingerprint density at radius 2 is 1.62 bits per heavy atom. The Labute approximate surface area is 215 Å². The highest BCUT2D eigenvalue weighted by atomic mass is 79.9. The van der Waals surface area contributed by atoms with E-state index in [4.69, 9.17) is 4.74 Å². The molecular formula is C29H43BrN2O2. The number of methoxy groups -OCH3 is 1. The van der Waals surface area contributed by atoms with E-state index in [2.05, 4.69) is 60.8 Å². The quantitative estimate of drug-likeness (QED) is 0.397. The summed E-state index contributed by atoms with van der Waals surface area (Å²) in [6.07, 6.45) is 0.693. The lowest BCUT2D eigenvalue weighted by molar-refractivity contribution is -0.129. The van der Waals surface area contributed by atoms with Crippen molar-refractivity contribution in [2.45, 2.75) is 74.8 Å². The van der Waals surface area contributed by atoms with E-state index < -0.39 is 0 Å². The van der Waals surface area contributed by atoms with Crippen LogP contribution in [0.2, 0.25) is 0 Å². The van der Waals surface area contributed by atoms with Gasteiger partial charge in [-0.25, -0.2) is 0 Å². The largest absolute Gasteiger partial charge is 0.497 e. The second kappa shape index (κ2) is 14.3. The van der Waals surface area contributed by atoms with Crippen LogP contribution in [0.1, 0.15) is 84.5 Å². The fraction of sp³-hybridized carbons (Fsp3) is 0.517. The van der Waals surface area contributed by atoms with Gasteiger partial charge in [0.1, 0.15) is 5.75 Å². The molecule has 2 aromatic carbocycles. The topological polar surface area (TPSA) is 41.9 Å². The summed E-state index contributed by atoms with van der Waals surface area (Å²) in [5.41, 5.74) is 6.08. The van der Waals surface area contributed by atoms with Crippen molar-refractivity contribution in [2.24, 2.45) is 16.8 Å². The third kappa shape index (κ3) is 7.43. The number of aryl methyl sites for hydroxylation is 1. The standard InChI is InChI=1S/C16H23NO2.C9H8BrN.2C2H6/c1-11(2)14-9-16(18)17(10-14)12(3)13-5-7-15(19-4)8-6-13;1-5-3-7(10)4-8-9(5)6(2)11-8;2*1-2/h5-8,11-12,14H,9-10H2,1-4H3;3-4H,1-2H3;2*1-2H3. The van der Waals surface area contributed by atoms with Crippen molar-refractivity contribution < 1.29 is 9.53 Å². The lowest BCUT2D eigenvalue weighted by Gasteiger charge is -2.26. The van der Waals surface area contributed by atoms with Crippen molar-refractivity contribution in [3.8, 4) is 5.75 Å². The molecule has 1 amide bonds. The van der Waals surface area contributed by atoms with Gasteiger partial charge in [-0.15, -0.1) is 0 Å². The summed E-state index contributed by atoms with van der Waals surface area (Å²) in [4.78, 5) is 18.4. The van der Waals surface area contributed by atoms with Crippen molar-refractivity contribution in [3.63, 3.8) is 0 Å². The molecule has 4 nitrogen and oxygen atoms in total. The van der Waals surface area contributed by atoms with Crippen molar-refractivity contribution >= 4 is 33.2 Å². The van der Waals surface area contributed by atoms with Gasteiger partial charge in [-0.05, 0) is 68.0 Å². The predicted molar refractivity (Wildman–Crippen MR) is 150 cm³/mol. The van der Waals surface area contributed by atoms with Gasteiger partial charge in [-0.1, -0.05) is 69.6 Å². The maximum Gasteiger partial charge on any atom is 0.223 e. The summed E-state index contributed by atoms with van der Waals surface area (Å²) < 4.78 is 6.28. The van der Waals surface area contributed by atoms with Gasteiger partial charge in [0.15, 0.2) is 0 Å². The molecule has 1 fully saturated rings. The normalized spacial score (nSPS) is 16.5. The Morgan fingerprint density at radius 3 is 2.06 bits per heavy atom. The van der Waals surface area contributed by atoms with Crippen LogP contribution in [0, 0.1) is 18.8 Å². The van der Waals surface area contributed by atoms with E-state index in [0.717, 1.165) is 28.2 Å². The second-order valence-electron chi connectivity index (χ2n) is 8.52. The number of fused-ring (bicyclic) bond motifs is 1. The van der Waals surface area contributed by atoms with Crippen LogP contribution in [0.25, 0.3) is 0 Å². The molecule has 2 atom stereocenters. The molecule has 0 N–H and O–H groups in total. The summed E-state index contributed by atoms with van der Waals surface area (Å²) >= 11 is 3.43. The molecule has 0 aromatic heterocycles. The summed E-state index contributed by atoms with van der Waals surface area (Å²) in [5.74, 6) is 2.19. The smallest absolute Gasteiger partial charge is 0.223 e. The maximum atomic E-state index is 12.1. The van der Waals surface area contributed by atoms with Crippen LogP contribution in [-0.2, 0) is 4.79 Å². The van der Waals surface area contributed by atoms with Gasteiger partial charge in [-0.2, -0.15) is 0 Å². The van der Waals surface area contributed by atoms with Crippen LogP contribution in [0.3, 0.4) is 0 Å². The first kappa shape index (κ1) is 29.9. The van der Waals surface area contributed by atoms with Gasteiger partial charge in [0.25, 0.3) is 0 Å². The van der Waals surface area contributed by atoms with Gasteiger partial charge in [-0.3, -0.25) is 9.79 Å². The first-order valence-corrected chi connectivity index (χ1v) is 13.3. The van der Waals surface area contributed by atoms with Gasteiger partial charge in [0, 0.05) is 28.7 Å². The van der Waals surface area contributed by atoms with E-state index in [1.165, 1.54) is 16.7 Å². The van der Waals surface area contributed by atoms with E-state index in [1.54, 1.807) is 7.11 Å². The lowest BCUT2D eigenvalue weighted by atomic mass is 9.95. The lowest BCUT2D eigenvalue weighted by Crippen LogP contribution is -2.28. The molecule has 5 heteroatoms. The number of halogens is 1. The maximum absolute atomic E-state index is 12.1. The van der Waals surface area contributed by atoms with Crippen LogP contribution in [0.15, 0.2) is 45.9 Å². The molecule has 2 unspecified atom stereocenters. The summed E-state index contributed by atoms with van der Waals surface area (Å²) in [7, 11) is 1.66. The molecule has 2 aliphatic heterocycles. The zero-order valence-corrected chi connectivity index (χ0v) is 24.3. The predicted octanol–water partition coefficient (Wildman–Crippen LogP) is 8.52. The molecule has 2 heterocycles. The Morgan fingerprint density at radius 1 is 1.03 bits per heavy atom. The minimum Gasteiger partial charge on any atom is -0.497 e. The van der Waals surface area contributed by atoms with E-state index in [9.17, 15) is 4.79 Å². The number of nitrogens with zero attached hydrogens (tertiary/aromatic N) is 2. The zero-order valence-electron chi connectivity index (χ0n) is 22.7. The highest BCUT2D eigenvalue weighted by Gasteiger charge is 2.34. The zero-order chi connectivity index (χ0) is 26.0. The number of ether oxygens (including phenoxy) is 1. The number of likely N-dealkylation sites (tertiary alicyclic amines) is 1. The second-order valence-corrected chi connectivity index (χ2v) is 9.43. The Balaban J connectivity index is 0.000000326. The summed E-state index contributed by atoms with van der Waals surface area (Å²) in [5, 5.41) is 0. The van der Waals surface area contributed by atoms with E-state index in [1.807, 2.05) is 63.8 Å². The van der Waals surface area contributed by atoms with Crippen molar-refractivity contribution in [2.75, 3.05) is 13.7 Å². The molecule has 0 saturated carbocycles. The van der Waals surface area contributed by atoms with E-state index in [-0.39, 0.29) is 11.9 Å². The third-order valence-electron chi connectivity index (χ3n) is 6.13. The van der Waals surface area contributed by atoms with Crippen LogP contribution < -0.4 is 4.74 Å². The molecule has 1 saturated heterocycles. The molecule has 0 spiro atoms. The Hall–Kier alpha value is -2.14. The van der Waals surface area contributed by atoms with Crippen molar-refractivity contribution in [1.29, 1.82) is 0 Å². The first-order valence-electron chi connectivity index (χ1n) is 12.5. The molecule has 2 aromatic rings. The van der Waals surface area contributed by atoms with Crippen LogP contribution in [0.4, 0.5) is 5.69 Å². The van der Waals surface area contributed by atoms with Gasteiger partial charge in [0.2, 0.25) is 5.91 Å². The SMILES string of the molecule is CC.CC.CC1=Nc2cc(Br)cc(C)c21.COc1ccc(C(C)N2CC(C(C)C)CC2=O)cc1. The average Bonchev–Trinajstić information content (AvgIpc) is 3.22. The van der Waals surface area contributed by atoms with Crippen LogP contribution in [-0.4, -0.2) is 30.2 Å². The molecule has 4 rings (SSSR count). The number of hydrogen-bond donors (Lipinski definition) is 0. The summed E-state index contributed by atoms with van der Waals surface area (Å²) in [6.45, 7) is 19.5. The minimum absolute atomic E-state index is 0.141. The van der Waals surface area contributed by atoms with Gasteiger partial charge >= 0.3 is 0 Å². The number of carbonyl (C=O) groups excluding carboxylic acids is 1. The van der Waals surface area contributed by atoms with E-state index >= 15 is 0 Å². The average molecular weight is 532 g/mol. The summed E-state index contributed by atoms with van der Waals surface area (Å²) in [6, 6.07) is 12.3. The minimum atomic E-state index is 0.141. The van der Waals surface area contributed by atoms with E-state index in [0.29, 0.717) is 18.3 Å². The molecule has 0 bridgehead atoms. The van der Waals surface area contributed by atoms with Crippen LogP contribution >= 0.6 is 15.9 Å². The number of aliphatic imine (C=N–C) groups is 1. The first-order chi connectivity index (χ1) is 16.2. The van der Waals surface area contributed by atoms with Gasteiger partial charge < -0.3 is 9.64 Å². The monoisotopic (exact) mass is 530 g/mol. The molecule has 34 heavy (non-hydrogen) atoms. The number of amides is 1. The number of rotatable bonds is 4. The molecule has 0 radical (unpaired) electrons. The van der Waals surface area contributed by atoms with Crippen LogP contribution in [0.5, 0.6) is 5.75 Å². The Bertz CT molecular complexity index is 951. The molecule has 2 aliphatic rings. The molecule has 188 valence electrons. The highest BCUT2D eigenvalue weighted by molar-refractivity contribution is 9.10. The number of hydrogen-bond acceptors (Lipinski definition) is 3. The Kier molecular flexibility index (Phi) is 12.6. The number of benzene rings is 2. The number of carbonyl (C=O) groups is 1. The van der Waals surface area contributed by atoms with Gasteiger partial charge in [0.05, 0.1) is 18.8 Å². The fourth-order valence-corrected chi connectivity index (χ4v) is 4.67. The fourth-order valence-electron chi connectivity index (χ4n) is 4.11. The highest BCUT2D eigenvalue weighted by Crippen LogP contribution is 2.35.